The lowest BCUT2D eigenvalue weighted by atomic mass is 10.1. The monoisotopic (exact) mass is 553 g/mol. The first-order chi connectivity index (χ1) is 20.0. The summed E-state index contributed by atoms with van der Waals surface area (Å²) in [6.07, 6.45) is 9.60. The molecule has 0 fully saturated rings. The summed E-state index contributed by atoms with van der Waals surface area (Å²) in [4.78, 5) is 11.8. The van der Waals surface area contributed by atoms with Crippen LogP contribution in [0.25, 0.3) is 16.9 Å². The van der Waals surface area contributed by atoms with Gasteiger partial charge in [-0.3, -0.25) is 0 Å². The molecule has 0 unspecified atom stereocenters. The van der Waals surface area contributed by atoms with Crippen LogP contribution in [0.4, 0.5) is 0 Å². The van der Waals surface area contributed by atoms with Gasteiger partial charge in [0, 0.05) is 23.9 Å². The van der Waals surface area contributed by atoms with Crippen LogP contribution in [-0.2, 0) is 11.2 Å². The molecule has 0 saturated heterocycles. The Hall–Kier alpha value is -3.99. The molecule has 5 heteroatoms. The summed E-state index contributed by atoms with van der Waals surface area (Å²) in [5.41, 5.74) is 5.16. The lowest BCUT2D eigenvalue weighted by molar-refractivity contribution is -0.145. The molecular weight excluding hydrogens is 510 g/mol. The highest BCUT2D eigenvalue weighted by Gasteiger charge is 2.20. The van der Waals surface area contributed by atoms with Crippen LogP contribution in [0.5, 0.6) is 11.5 Å². The van der Waals surface area contributed by atoms with E-state index in [-0.39, 0.29) is 0 Å². The van der Waals surface area contributed by atoms with Gasteiger partial charge in [-0.15, -0.1) is 0 Å². The van der Waals surface area contributed by atoms with E-state index in [1.807, 2.05) is 66.7 Å². The number of aliphatic carboxylic acids is 1. The summed E-state index contributed by atoms with van der Waals surface area (Å²) < 4.78 is 14.2. The first-order valence-corrected chi connectivity index (χ1v) is 15.0. The number of carboxylic acid groups (broad SMARTS) is 1. The number of ether oxygens (including phenoxy) is 2. The van der Waals surface area contributed by atoms with Crippen molar-refractivity contribution in [2.75, 3.05) is 6.61 Å². The number of nitrogens with zero attached hydrogens (tertiary/aromatic N) is 1. The number of rotatable bonds is 17. The standard InChI is InChI=1S/C36H43NO4/c1-3-4-5-6-7-8-9-13-25-40-33-18-14-17-31(27-33)37-28(2)19-24-34(37)30-20-22-32(23-21-30)41-35(36(38)39)26-29-15-11-10-12-16-29/h10-12,14-24,27,35H,3-9,13,25-26H2,1-2H3,(H,38,39)/t35-/m1/s1. The van der Waals surface area contributed by atoms with Crippen molar-refractivity contribution in [3.8, 4) is 28.4 Å². The van der Waals surface area contributed by atoms with E-state index < -0.39 is 12.1 Å². The van der Waals surface area contributed by atoms with Crippen LogP contribution < -0.4 is 9.47 Å². The molecule has 0 bridgehead atoms. The van der Waals surface area contributed by atoms with E-state index in [1.54, 1.807) is 0 Å². The van der Waals surface area contributed by atoms with Gasteiger partial charge >= 0.3 is 5.97 Å². The van der Waals surface area contributed by atoms with Crippen LogP contribution in [0.2, 0.25) is 0 Å². The Balaban J connectivity index is 1.37. The number of hydrogen-bond acceptors (Lipinski definition) is 3. The highest BCUT2D eigenvalue weighted by atomic mass is 16.5. The molecule has 1 heterocycles. The number of aromatic nitrogens is 1. The second-order valence-corrected chi connectivity index (χ2v) is 10.7. The Morgan fingerprint density at radius 1 is 0.780 bits per heavy atom. The fraction of sp³-hybridized carbons (Fsp3) is 0.361. The molecular formula is C36H43NO4. The summed E-state index contributed by atoms with van der Waals surface area (Å²) in [6, 6.07) is 29.6. The number of aryl methyl sites for hydroxylation is 1. The molecule has 1 N–H and O–H groups in total. The third kappa shape index (κ3) is 9.01. The second kappa shape index (κ2) is 15.7. The minimum Gasteiger partial charge on any atom is -0.494 e. The minimum absolute atomic E-state index is 0.303. The van der Waals surface area contributed by atoms with Gasteiger partial charge in [0.05, 0.1) is 12.3 Å². The Labute approximate surface area is 244 Å². The van der Waals surface area contributed by atoms with Crippen LogP contribution in [0.3, 0.4) is 0 Å². The summed E-state index contributed by atoms with van der Waals surface area (Å²) >= 11 is 0. The Morgan fingerprint density at radius 2 is 1.49 bits per heavy atom. The molecule has 0 amide bonds. The smallest absolute Gasteiger partial charge is 0.345 e. The van der Waals surface area contributed by atoms with Crippen molar-refractivity contribution in [1.29, 1.82) is 0 Å². The number of unbranched alkanes of at least 4 members (excludes halogenated alkanes) is 7. The lowest BCUT2D eigenvalue weighted by Gasteiger charge is -2.16. The van der Waals surface area contributed by atoms with E-state index >= 15 is 0 Å². The summed E-state index contributed by atoms with van der Waals surface area (Å²) in [5.74, 6) is 0.432. The average molecular weight is 554 g/mol. The predicted molar refractivity (Wildman–Crippen MR) is 166 cm³/mol. The molecule has 0 aliphatic rings. The number of benzene rings is 3. The van der Waals surface area contributed by atoms with E-state index in [2.05, 4.69) is 42.7 Å². The zero-order valence-corrected chi connectivity index (χ0v) is 24.4. The summed E-state index contributed by atoms with van der Waals surface area (Å²) in [6.45, 7) is 5.08. The SMILES string of the molecule is CCCCCCCCCCOc1cccc(-n2c(C)ccc2-c2ccc(O[C@H](Cc3ccccc3)C(=O)O)cc2)c1. The van der Waals surface area contributed by atoms with E-state index in [0.717, 1.165) is 47.0 Å². The van der Waals surface area contributed by atoms with Crippen molar-refractivity contribution in [3.63, 3.8) is 0 Å². The molecule has 0 aliphatic carbocycles. The van der Waals surface area contributed by atoms with E-state index in [9.17, 15) is 9.90 Å². The fourth-order valence-electron chi connectivity index (χ4n) is 5.12. The van der Waals surface area contributed by atoms with Gasteiger partial charge in [0.2, 0.25) is 0 Å². The van der Waals surface area contributed by atoms with Gasteiger partial charge in [0.15, 0.2) is 6.10 Å². The van der Waals surface area contributed by atoms with Gasteiger partial charge in [-0.1, -0.05) is 88.3 Å². The minimum atomic E-state index is -0.980. The van der Waals surface area contributed by atoms with Gasteiger partial charge in [0.1, 0.15) is 11.5 Å². The molecule has 3 aromatic carbocycles. The summed E-state index contributed by atoms with van der Waals surface area (Å²) in [7, 11) is 0. The van der Waals surface area contributed by atoms with Gasteiger partial charge in [0.25, 0.3) is 0 Å². The van der Waals surface area contributed by atoms with Crippen molar-refractivity contribution in [1.82, 2.24) is 4.57 Å². The molecule has 0 aliphatic heterocycles. The van der Waals surface area contributed by atoms with Crippen molar-refractivity contribution in [2.24, 2.45) is 0 Å². The maximum atomic E-state index is 11.8. The van der Waals surface area contributed by atoms with E-state index in [1.165, 1.54) is 44.9 Å². The molecule has 4 rings (SSSR count). The van der Waals surface area contributed by atoms with Gasteiger partial charge < -0.3 is 19.1 Å². The molecule has 41 heavy (non-hydrogen) atoms. The maximum absolute atomic E-state index is 11.8. The van der Waals surface area contributed by atoms with E-state index in [4.69, 9.17) is 9.47 Å². The van der Waals surface area contributed by atoms with Gasteiger partial charge in [-0.05, 0) is 73.0 Å². The Bertz CT molecular complexity index is 1340. The highest BCUT2D eigenvalue weighted by molar-refractivity contribution is 5.73. The predicted octanol–water partition coefficient (Wildman–Crippen LogP) is 9.05. The zero-order chi connectivity index (χ0) is 28.9. The van der Waals surface area contributed by atoms with Crippen LogP contribution in [-0.4, -0.2) is 28.4 Å². The van der Waals surface area contributed by atoms with Crippen molar-refractivity contribution < 1.29 is 19.4 Å². The average Bonchev–Trinajstić information content (AvgIpc) is 3.38. The quantitative estimate of drug-likeness (QED) is 0.133. The third-order valence-corrected chi connectivity index (χ3v) is 7.39. The molecule has 1 atom stereocenters. The normalized spacial score (nSPS) is 11.8. The van der Waals surface area contributed by atoms with Gasteiger partial charge in [-0.25, -0.2) is 4.79 Å². The molecule has 4 aromatic rings. The van der Waals surface area contributed by atoms with Gasteiger partial charge in [-0.2, -0.15) is 0 Å². The maximum Gasteiger partial charge on any atom is 0.345 e. The topological polar surface area (TPSA) is 60.7 Å². The van der Waals surface area contributed by atoms with Crippen molar-refractivity contribution >= 4 is 5.97 Å². The molecule has 0 saturated carbocycles. The zero-order valence-electron chi connectivity index (χ0n) is 24.4. The molecule has 216 valence electrons. The van der Waals surface area contributed by atoms with Crippen molar-refractivity contribution in [3.05, 3.63) is 102 Å². The van der Waals surface area contributed by atoms with Crippen molar-refractivity contribution in [2.45, 2.75) is 77.7 Å². The first-order valence-electron chi connectivity index (χ1n) is 15.0. The largest absolute Gasteiger partial charge is 0.494 e. The fourth-order valence-corrected chi connectivity index (χ4v) is 5.12. The number of carboxylic acids is 1. The lowest BCUT2D eigenvalue weighted by Crippen LogP contribution is -2.29. The molecule has 5 nitrogen and oxygen atoms in total. The number of hydrogen-bond donors (Lipinski definition) is 1. The highest BCUT2D eigenvalue weighted by Crippen LogP contribution is 2.30. The second-order valence-electron chi connectivity index (χ2n) is 10.7. The Morgan fingerprint density at radius 3 is 2.20 bits per heavy atom. The Kier molecular flexibility index (Phi) is 11.5. The van der Waals surface area contributed by atoms with Crippen LogP contribution in [0.15, 0.2) is 91.0 Å². The van der Waals surface area contributed by atoms with Crippen LogP contribution in [0, 0.1) is 6.92 Å². The first kappa shape index (κ1) is 30.0. The third-order valence-electron chi connectivity index (χ3n) is 7.39. The molecule has 1 aromatic heterocycles. The summed E-state index contributed by atoms with van der Waals surface area (Å²) in [5, 5.41) is 9.71. The van der Waals surface area contributed by atoms with E-state index in [0.29, 0.717) is 12.2 Å². The van der Waals surface area contributed by atoms with Crippen LogP contribution >= 0.6 is 0 Å². The number of carbonyl (C=O) groups is 1. The molecule has 0 radical (unpaired) electrons. The van der Waals surface area contributed by atoms with Crippen LogP contribution in [0.1, 0.15) is 69.5 Å². The molecule has 0 spiro atoms.